The summed E-state index contributed by atoms with van der Waals surface area (Å²) in [7, 11) is 0. The molecule has 0 aliphatic heterocycles. The number of hydrogen-bond acceptors (Lipinski definition) is 7. The van der Waals surface area contributed by atoms with Crippen molar-refractivity contribution in [3.63, 3.8) is 0 Å². The molecule has 0 unspecified atom stereocenters. The van der Waals surface area contributed by atoms with Crippen LogP contribution in [0.15, 0.2) is 48.8 Å². The lowest BCUT2D eigenvalue weighted by Crippen LogP contribution is -2.42. The first-order valence-corrected chi connectivity index (χ1v) is 12.3. The van der Waals surface area contributed by atoms with E-state index in [0.717, 1.165) is 24.0 Å². The van der Waals surface area contributed by atoms with Gasteiger partial charge in [-0.1, -0.05) is 43.2 Å². The van der Waals surface area contributed by atoms with Crippen LogP contribution in [0.4, 0.5) is 5.69 Å². The third kappa shape index (κ3) is 11.9. The van der Waals surface area contributed by atoms with Crippen LogP contribution in [0.1, 0.15) is 70.4 Å². The number of hydroxylamine groups is 1. The van der Waals surface area contributed by atoms with Crippen LogP contribution in [-0.4, -0.2) is 39.6 Å². The second-order valence-electron chi connectivity index (χ2n) is 9.74. The molecule has 0 saturated carbocycles. The predicted molar refractivity (Wildman–Crippen MR) is 137 cm³/mol. The van der Waals surface area contributed by atoms with Crippen molar-refractivity contribution in [3.8, 4) is 0 Å². The highest BCUT2D eigenvalue weighted by molar-refractivity contribution is 5.90. The van der Waals surface area contributed by atoms with Gasteiger partial charge in [-0.05, 0) is 57.2 Å². The molecule has 1 aromatic carbocycles. The Labute approximate surface area is 213 Å². The molecule has 0 fully saturated rings. The molecule has 2 aromatic rings. The van der Waals surface area contributed by atoms with E-state index in [0.29, 0.717) is 37.9 Å². The normalized spacial score (nSPS) is 12.0. The second kappa shape index (κ2) is 15.0. The molecule has 0 aliphatic rings. The molecular weight excluding hydrogens is 460 g/mol. The van der Waals surface area contributed by atoms with Crippen molar-refractivity contribution in [2.24, 2.45) is 0 Å². The number of aromatic nitrogens is 1. The molecule has 9 nitrogen and oxygen atoms in total. The zero-order chi connectivity index (χ0) is 26.4. The van der Waals surface area contributed by atoms with Gasteiger partial charge in [0.1, 0.15) is 11.6 Å². The van der Waals surface area contributed by atoms with E-state index >= 15 is 0 Å². The Bertz CT molecular complexity index is 976. The quantitative estimate of drug-likeness (QED) is 0.134. The van der Waals surface area contributed by atoms with Gasteiger partial charge in [-0.15, -0.1) is 0 Å². The Morgan fingerprint density at radius 1 is 0.944 bits per heavy atom. The Balaban J connectivity index is 1.86. The first-order chi connectivity index (χ1) is 17.2. The van der Waals surface area contributed by atoms with E-state index in [-0.39, 0.29) is 18.3 Å². The van der Waals surface area contributed by atoms with Crippen molar-refractivity contribution in [2.45, 2.75) is 83.9 Å². The summed E-state index contributed by atoms with van der Waals surface area (Å²) >= 11 is 0. The summed E-state index contributed by atoms with van der Waals surface area (Å²) in [6, 6.07) is 11.1. The van der Waals surface area contributed by atoms with Crippen molar-refractivity contribution in [1.82, 2.24) is 15.8 Å². The predicted octanol–water partition coefficient (Wildman–Crippen LogP) is 3.91. The maximum absolute atomic E-state index is 12.8. The van der Waals surface area contributed by atoms with Crippen LogP contribution in [0, 0.1) is 0 Å². The van der Waals surface area contributed by atoms with Gasteiger partial charge in [0, 0.05) is 25.6 Å². The highest BCUT2D eigenvalue weighted by Crippen LogP contribution is 2.14. The second-order valence-corrected chi connectivity index (χ2v) is 9.74. The zero-order valence-electron chi connectivity index (χ0n) is 21.4. The number of anilines is 1. The van der Waals surface area contributed by atoms with Gasteiger partial charge < -0.3 is 10.1 Å². The van der Waals surface area contributed by atoms with Crippen molar-refractivity contribution in [3.05, 3.63) is 59.9 Å². The van der Waals surface area contributed by atoms with Gasteiger partial charge in [-0.25, -0.2) is 5.48 Å². The molecule has 0 bridgehead atoms. The van der Waals surface area contributed by atoms with E-state index in [9.17, 15) is 14.4 Å². The van der Waals surface area contributed by atoms with Crippen LogP contribution in [0.25, 0.3) is 0 Å². The van der Waals surface area contributed by atoms with E-state index in [4.69, 9.17) is 9.94 Å². The molecule has 196 valence electrons. The standard InChI is InChI=1S/C27H38N4O5/c1-27(2,3)36-26(34)23(16-20-11-7-6-8-12-20)29-18-21-15-22(19-28-17-21)30-24(32)13-9-4-5-10-14-25(33)31-35/h6-8,11-12,15,17,19,23,29,35H,4-5,9-10,13-14,16,18H2,1-3H3,(H,30,32)(H,31,33)/t23-/m0/s1. The molecule has 1 aromatic heterocycles. The van der Waals surface area contributed by atoms with Gasteiger partial charge in [0.05, 0.1) is 11.9 Å². The summed E-state index contributed by atoms with van der Waals surface area (Å²) in [5, 5.41) is 14.6. The van der Waals surface area contributed by atoms with E-state index in [2.05, 4.69) is 15.6 Å². The minimum absolute atomic E-state index is 0.106. The fraction of sp³-hybridized carbons (Fsp3) is 0.481. The number of pyridine rings is 1. The minimum Gasteiger partial charge on any atom is -0.459 e. The summed E-state index contributed by atoms with van der Waals surface area (Å²) < 4.78 is 5.61. The summed E-state index contributed by atoms with van der Waals surface area (Å²) in [6.07, 6.45) is 7.42. The average Bonchev–Trinajstić information content (AvgIpc) is 2.83. The maximum atomic E-state index is 12.8. The van der Waals surface area contributed by atoms with Crippen LogP contribution in [0.3, 0.4) is 0 Å². The number of hydrogen-bond donors (Lipinski definition) is 4. The molecule has 4 N–H and O–H groups in total. The van der Waals surface area contributed by atoms with Gasteiger partial charge in [-0.2, -0.15) is 0 Å². The SMILES string of the molecule is CC(C)(C)OC(=O)[C@H](Cc1ccccc1)NCc1cncc(NC(=O)CCCCCCC(=O)NO)c1. The van der Waals surface area contributed by atoms with E-state index < -0.39 is 17.6 Å². The molecule has 1 heterocycles. The van der Waals surface area contributed by atoms with Crippen LogP contribution < -0.4 is 16.1 Å². The number of rotatable bonds is 14. The Morgan fingerprint density at radius 3 is 2.25 bits per heavy atom. The van der Waals surface area contributed by atoms with Crippen molar-refractivity contribution in [2.75, 3.05) is 5.32 Å². The molecular formula is C27H38N4O5. The van der Waals surface area contributed by atoms with Gasteiger partial charge in [0.2, 0.25) is 11.8 Å². The van der Waals surface area contributed by atoms with Crippen molar-refractivity contribution < 1.29 is 24.3 Å². The number of carbonyl (C=O) groups excluding carboxylic acids is 3. The topological polar surface area (TPSA) is 130 Å². The van der Waals surface area contributed by atoms with Crippen LogP contribution in [0.5, 0.6) is 0 Å². The lowest BCUT2D eigenvalue weighted by molar-refractivity contribution is -0.157. The maximum Gasteiger partial charge on any atom is 0.324 e. The fourth-order valence-electron chi connectivity index (χ4n) is 3.56. The van der Waals surface area contributed by atoms with Crippen molar-refractivity contribution >= 4 is 23.5 Å². The number of nitrogens with zero attached hydrogens (tertiary/aromatic N) is 1. The molecule has 0 radical (unpaired) electrons. The average molecular weight is 499 g/mol. The number of benzene rings is 1. The van der Waals surface area contributed by atoms with Crippen LogP contribution >= 0.6 is 0 Å². The molecule has 0 saturated heterocycles. The number of carbonyl (C=O) groups is 3. The number of ether oxygens (including phenoxy) is 1. The lowest BCUT2D eigenvalue weighted by Gasteiger charge is -2.25. The molecule has 2 amide bonds. The summed E-state index contributed by atoms with van der Waals surface area (Å²) in [5.74, 6) is -0.821. The molecule has 9 heteroatoms. The molecule has 0 spiro atoms. The Kier molecular flexibility index (Phi) is 12.0. The number of esters is 1. The first-order valence-electron chi connectivity index (χ1n) is 12.3. The third-order valence-electron chi connectivity index (χ3n) is 5.29. The third-order valence-corrected chi connectivity index (χ3v) is 5.29. The number of unbranched alkanes of at least 4 members (excludes halogenated alkanes) is 3. The number of nitrogens with one attached hydrogen (secondary N) is 3. The number of amides is 2. The lowest BCUT2D eigenvalue weighted by atomic mass is 10.1. The monoisotopic (exact) mass is 498 g/mol. The van der Waals surface area contributed by atoms with E-state index in [1.165, 1.54) is 0 Å². The molecule has 36 heavy (non-hydrogen) atoms. The Hall–Kier alpha value is -3.30. The van der Waals surface area contributed by atoms with Crippen LogP contribution in [-0.2, 0) is 32.1 Å². The summed E-state index contributed by atoms with van der Waals surface area (Å²) in [5.41, 5.74) is 3.47. The van der Waals surface area contributed by atoms with Gasteiger partial charge in [-0.3, -0.25) is 29.9 Å². The van der Waals surface area contributed by atoms with Crippen LogP contribution in [0.2, 0.25) is 0 Å². The van der Waals surface area contributed by atoms with E-state index in [1.54, 1.807) is 17.9 Å². The van der Waals surface area contributed by atoms with Crippen molar-refractivity contribution in [1.29, 1.82) is 0 Å². The first kappa shape index (κ1) is 28.9. The largest absolute Gasteiger partial charge is 0.459 e. The van der Waals surface area contributed by atoms with Gasteiger partial charge >= 0.3 is 5.97 Å². The highest BCUT2D eigenvalue weighted by atomic mass is 16.6. The Morgan fingerprint density at radius 2 is 1.61 bits per heavy atom. The zero-order valence-corrected chi connectivity index (χ0v) is 21.4. The minimum atomic E-state index is -0.590. The molecule has 2 rings (SSSR count). The molecule has 1 atom stereocenters. The summed E-state index contributed by atoms with van der Waals surface area (Å²) in [6.45, 7) is 5.91. The van der Waals surface area contributed by atoms with E-state index in [1.807, 2.05) is 57.2 Å². The fourth-order valence-corrected chi connectivity index (χ4v) is 3.56. The van der Waals surface area contributed by atoms with Gasteiger partial charge in [0.25, 0.3) is 0 Å². The smallest absolute Gasteiger partial charge is 0.324 e. The van der Waals surface area contributed by atoms with Gasteiger partial charge in [0.15, 0.2) is 0 Å². The molecule has 0 aliphatic carbocycles. The summed E-state index contributed by atoms with van der Waals surface area (Å²) in [4.78, 5) is 40.3. The highest BCUT2D eigenvalue weighted by Gasteiger charge is 2.25.